The molecule has 0 radical (unpaired) electrons. The number of piperidine rings is 2. The van der Waals surface area contributed by atoms with Gasteiger partial charge in [0, 0.05) is 42.1 Å². The molecular weight excluding hydrogens is 490 g/mol. The number of benzene rings is 1. The fraction of sp³-hybridized carbons (Fsp3) is 0.458. The van der Waals surface area contributed by atoms with Crippen LogP contribution in [0.5, 0.6) is 0 Å². The monoisotopic (exact) mass is 515 g/mol. The first-order valence-corrected chi connectivity index (χ1v) is 14.1. The van der Waals surface area contributed by atoms with E-state index >= 15 is 0 Å². The molecule has 9 nitrogen and oxygen atoms in total. The van der Waals surface area contributed by atoms with E-state index in [0.29, 0.717) is 43.7 Å². The van der Waals surface area contributed by atoms with Gasteiger partial charge in [-0.15, -0.1) is 11.3 Å². The number of carbonyl (C=O) groups is 3. The number of rotatable bonds is 3. The molecule has 1 spiro atoms. The van der Waals surface area contributed by atoms with Gasteiger partial charge in [0.15, 0.2) is 0 Å². The second-order valence-electron chi connectivity index (χ2n) is 9.45. The van der Waals surface area contributed by atoms with Crippen LogP contribution < -0.4 is 5.32 Å². The van der Waals surface area contributed by atoms with Crippen molar-refractivity contribution in [2.45, 2.75) is 55.2 Å². The molecule has 1 aromatic heterocycles. The van der Waals surface area contributed by atoms with E-state index in [1.54, 1.807) is 23.5 Å². The van der Waals surface area contributed by atoms with Crippen molar-refractivity contribution in [1.82, 2.24) is 14.5 Å². The van der Waals surface area contributed by atoms with Gasteiger partial charge in [-0.05, 0) is 54.8 Å². The summed E-state index contributed by atoms with van der Waals surface area (Å²) in [5, 5.41) is 4.35. The predicted molar refractivity (Wildman–Crippen MR) is 126 cm³/mol. The molecule has 184 valence electrons. The Labute approximate surface area is 207 Å². The molecule has 2 fully saturated rings. The lowest BCUT2D eigenvalue weighted by Gasteiger charge is -2.43. The summed E-state index contributed by atoms with van der Waals surface area (Å²) in [6.07, 6.45) is 2.42. The highest BCUT2D eigenvalue weighted by Gasteiger charge is 2.46. The number of sulfonamides is 1. The van der Waals surface area contributed by atoms with Gasteiger partial charge in [-0.2, -0.15) is 4.31 Å². The van der Waals surface area contributed by atoms with Crippen LogP contribution in [0.15, 0.2) is 34.5 Å². The van der Waals surface area contributed by atoms with Crippen molar-refractivity contribution in [3.8, 4) is 0 Å². The molecule has 1 aromatic carbocycles. The van der Waals surface area contributed by atoms with Crippen molar-refractivity contribution in [1.29, 1.82) is 0 Å². The fourth-order valence-electron chi connectivity index (χ4n) is 5.75. The summed E-state index contributed by atoms with van der Waals surface area (Å²) in [6, 6.07) is 6.05. The Morgan fingerprint density at radius 3 is 2.66 bits per heavy atom. The molecule has 5 heterocycles. The van der Waals surface area contributed by atoms with Gasteiger partial charge < -0.3 is 9.64 Å². The van der Waals surface area contributed by atoms with Crippen LogP contribution >= 0.6 is 11.3 Å². The Kier molecular flexibility index (Phi) is 5.37. The summed E-state index contributed by atoms with van der Waals surface area (Å²) in [7, 11) is -3.86. The Balaban J connectivity index is 1.25. The first-order chi connectivity index (χ1) is 16.8. The number of imide groups is 1. The van der Waals surface area contributed by atoms with Gasteiger partial charge in [0.1, 0.15) is 11.6 Å². The molecule has 6 rings (SSSR count). The van der Waals surface area contributed by atoms with Crippen LogP contribution in [0.2, 0.25) is 0 Å². The predicted octanol–water partition coefficient (Wildman–Crippen LogP) is 1.76. The standard InChI is InChI=1S/C24H25N3O6S2/c28-20-5-4-18(22(29)25-20)27-14-17-16(23(27)30)2-1-3-19(17)35(31,32)26-10-8-24(9-11-26)21-15(6-12-33-24)7-13-34-21/h1-3,7,13,18H,4-6,8-12,14H2,(H,25,28,29). The number of hydrogen-bond donors (Lipinski definition) is 1. The van der Waals surface area contributed by atoms with Crippen LogP contribution in [-0.2, 0) is 42.9 Å². The van der Waals surface area contributed by atoms with Gasteiger partial charge in [-0.1, -0.05) is 6.07 Å². The van der Waals surface area contributed by atoms with Crippen molar-refractivity contribution in [2.75, 3.05) is 19.7 Å². The number of thiophene rings is 1. The molecule has 2 saturated heterocycles. The van der Waals surface area contributed by atoms with Gasteiger partial charge in [0.05, 0.1) is 11.5 Å². The number of nitrogens with zero attached hydrogens (tertiary/aromatic N) is 2. The summed E-state index contributed by atoms with van der Waals surface area (Å²) < 4.78 is 35.2. The van der Waals surface area contributed by atoms with Crippen molar-refractivity contribution >= 4 is 39.1 Å². The van der Waals surface area contributed by atoms with Gasteiger partial charge >= 0.3 is 0 Å². The van der Waals surface area contributed by atoms with E-state index in [0.717, 1.165) is 6.42 Å². The molecule has 0 bridgehead atoms. The van der Waals surface area contributed by atoms with Crippen molar-refractivity contribution in [2.24, 2.45) is 0 Å². The van der Waals surface area contributed by atoms with E-state index in [9.17, 15) is 22.8 Å². The van der Waals surface area contributed by atoms with Crippen LogP contribution in [0.4, 0.5) is 0 Å². The van der Waals surface area contributed by atoms with Crippen LogP contribution in [-0.4, -0.2) is 61.1 Å². The Morgan fingerprint density at radius 2 is 1.89 bits per heavy atom. The summed E-state index contributed by atoms with van der Waals surface area (Å²) in [5.41, 5.74) is 1.58. The molecule has 11 heteroatoms. The van der Waals surface area contributed by atoms with Gasteiger partial charge in [-0.25, -0.2) is 8.42 Å². The van der Waals surface area contributed by atoms with Gasteiger partial charge in [0.2, 0.25) is 21.8 Å². The zero-order valence-corrected chi connectivity index (χ0v) is 20.6. The molecule has 4 aliphatic heterocycles. The van der Waals surface area contributed by atoms with Crippen LogP contribution in [0.3, 0.4) is 0 Å². The largest absolute Gasteiger partial charge is 0.369 e. The molecule has 1 atom stereocenters. The smallest absolute Gasteiger partial charge is 0.255 e. The first-order valence-electron chi connectivity index (χ1n) is 11.8. The second-order valence-corrected chi connectivity index (χ2v) is 12.3. The number of amides is 3. The normalized spacial score (nSPS) is 24.4. The summed E-state index contributed by atoms with van der Waals surface area (Å²) in [5.74, 6) is -1.27. The lowest BCUT2D eigenvalue weighted by Crippen LogP contribution is -2.52. The maximum absolute atomic E-state index is 13.7. The average Bonchev–Trinajstić information content (AvgIpc) is 3.45. The number of carbonyl (C=O) groups excluding carboxylic acids is 3. The molecule has 4 aliphatic rings. The molecule has 1 N–H and O–H groups in total. The number of fused-ring (bicyclic) bond motifs is 3. The van der Waals surface area contributed by atoms with E-state index in [-0.39, 0.29) is 36.1 Å². The van der Waals surface area contributed by atoms with E-state index in [1.807, 2.05) is 0 Å². The van der Waals surface area contributed by atoms with Crippen molar-refractivity contribution < 1.29 is 27.5 Å². The number of hydrogen-bond acceptors (Lipinski definition) is 7. The zero-order chi connectivity index (χ0) is 24.4. The van der Waals surface area contributed by atoms with E-state index in [4.69, 9.17) is 4.74 Å². The van der Waals surface area contributed by atoms with Crippen LogP contribution in [0.25, 0.3) is 0 Å². The minimum atomic E-state index is -3.86. The van der Waals surface area contributed by atoms with Crippen molar-refractivity contribution in [3.05, 3.63) is 51.2 Å². The Bertz CT molecular complexity index is 1340. The minimum absolute atomic E-state index is 0.0231. The number of ether oxygens (including phenoxy) is 1. The maximum atomic E-state index is 13.7. The first kappa shape index (κ1) is 22.8. The summed E-state index contributed by atoms with van der Waals surface area (Å²) in [4.78, 5) is 39.7. The molecule has 0 aliphatic carbocycles. The molecule has 0 saturated carbocycles. The van der Waals surface area contributed by atoms with E-state index in [1.165, 1.54) is 25.7 Å². The van der Waals surface area contributed by atoms with E-state index in [2.05, 4.69) is 16.8 Å². The minimum Gasteiger partial charge on any atom is -0.369 e. The third-order valence-electron chi connectivity index (χ3n) is 7.60. The molecular formula is C24H25N3O6S2. The summed E-state index contributed by atoms with van der Waals surface area (Å²) >= 11 is 1.68. The third-order valence-corrected chi connectivity index (χ3v) is 10.7. The molecule has 2 aromatic rings. The van der Waals surface area contributed by atoms with E-state index < -0.39 is 27.6 Å². The highest BCUT2D eigenvalue weighted by atomic mass is 32.2. The maximum Gasteiger partial charge on any atom is 0.255 e. The molecule has 35 heavy (non-hydrogen) atoms. The quantitative estimate of drug-likeness (QED) is 0.624. The highest BCUT2D eigenvalue weighted by Crippen LogP contribution is 2.45. The van der Waals surface area contributed by atoms with Crippen LogP contribution in [0, 0.1) is 0 Å². The number of nitrogens with one attached hydrogen (secondary N) is 1. The van der Waals surface area contributed by atoms with Crippen LogP contribution in [0.1, 0.15) is 52.0 Å². The lowest BCUT2D eigenvalue weighted by molar-refractivity contribution is -0.136. The summed E-state index contributed by atoms with van der Waals surface area (Å²) in [6.45, 7) is 1.32. The van der Waals surface area contributed by atoms with Crippen molar-refractivity contribution in [3.63, 3.8) is 0 Å². The third kappa shape index (κ3) is 3.55. The Hall–Kier alpha value is -2.60. The second kappa shape index (κ2) is 8.22. The topological polar surface area (TPSA) is 113 Å². The average molecular weight is 516 g/mol. The lowest BCUT2D eigenvalue weighted by atomic mass is 9.86. The SMILES string of the molecule is O=C1CCC(N2Cc3c(cccc3S(=O)(=O)N3CCC4(CC3)OCCc3ccsc34)C2=O)C(=O)N1. The Morgan fingerprint density at radius 1 is 1.09 bits per heavy atom. The zero-order valence-electron chi connectivity index (χ0n) is 19.0. The fourth-order valence-corrected chi connectivity index (χ4v) is 8.60. The molecule has 3 amide bonds. The molecule has 1 unspecified atom stereocenters. The highest BCUT2D eigenvalue weighted by molar-refractivity contribution is 7.89. The van der Waals surface area contributed by atoms with Gasteiger partial charge in [-0.3, -0.25) is 19.7 Å². The van der Waals surface area contributed by atoms with Gasteiger partial charge in [0.25, 0.3) is 5.91 Å².